The molecular formula is C64H72N2O8. The maximum atomic E-state index is 13.4. The highest BCUT2D eigenvalue weighted by molar-refractivity contribution is 6.03. The molecule has 0 aliphatic heterocycles. The number of ether oxygens (including phenoxy) is 4. The minimum absolute atomic E-state index is 0.0947. The Balaban J connectivity index is 0.771. The van der Waals surface area contributed by atoms with Crippen LogP contribution in [-0.4, -0.2) is 48.6 Å². The minimum Gasteiger partial charge on any atom is -0.508 e. The first-order chi connectivity index (χ1) is 36.3. The Morgan fingerprint density at radius 1 is 0.351 bits per heavy atom. The number of rotatable bonds is 33. The fraction of sp³-hybridized carbons (Fsp3) is 0.375. The Bertz CT molecular complexity index is 2510. The third-order valence-electron chi connectivity index (χ3n) is 13.2. The monoisotopic (exact) mass is 997 g/mol. The van der Waals surface area contributed by atoms with E-state index in [4.69, 9.17) is 29.5 Å². The number of hydrogen-bond acceptors (Lipinski definition) is 10. The molecule has 0 saturated carbocycles. The highest BCUT2D eigenvalue weighted by Crippen LogP contribution is 2.33. The van der Waals surface area contributed by atoms with Crippen LogP contribution in [0.1, 0.15) is 160 Å². The Hall–Kier alpha value is -7.56. The van der Waals surface area contributed by atoms with E-state index in [1.807, 2.05) is 97.1 Å². The average molecular weight is 997 g/mol. The van der Waals surface area contributed by atoms with Crippen molar-refractivity contribution in [3.63, 3.8) is 0 Å². The summed E-state index contributed by atoms with van der Waals surface area (Å²) >= 11 is 0. The van der Waals surface area contributed by atoms with Gasteiger partial charge in [0.05, 0.1) is 60.8 Å². The fourth-order valence-corrected chi connectivity index (χ4v) is 8.94. The molecule has 74 heavy (non-hydrogen) atoms. The van der Waals surface area contributed by atoms with Gasteiger partial charge in [-0.05, 0) is 144 Å². The Kier molecular flexibility index (Phi) is 24.0. The molecule has 0 saturated heterocycles. The molecule has 0 bridgehead atoms. The summed E-state index contributed by atoms with van der Waals surface area (Å²) in [6, 6.07) is 44.4. The number of nitrogens with zero attached hydrogens (tertiary/aromatic N) is 2. The van der Waals surface area contributed by atoms with Crippen LogP contribution < -0.4 is 9.47 Å². The van der Waals surface area contributed by atoms with Crippen molar-refractivity contribution in [3.05, 3.63) is 156 Å². The van der Waals surface area contributed by atoms with Crippen molar-refractivity contribution in [3.8, 4) is 68.5 Å². The smallest absolute Gasteiger partial charge is 0.338 e. The number of unbranched alkanes of at least 4 members (excludes halogenated alkanes) is 18. The molecule has 10 nitrogen and oxygen atoms in total. The average Bonchev–Trinajstić information content (AvgIpc) is 3.43. The molecule has 10 heteroatoms. The van der Waals surface area contributed by atoms with Gasteiger partial charge in [-0.25, -0.2) is 9.59 Å². The second kappa shape index (κ2) is 31.8. The second-order valence-corrected chi connectivity index (χ2v) is 18.9. The van der Waals surface area contributed by atoms with Crippen LogP contribution >= 0.6 is 0 Å². The highest BCUT2D eigenvalue weighted by atomic mass is 16.5. The SMILES string of the molecule is N#Cc1ccc(-c2ccc(OCCCCCCCCCCCCOC(=O)c3cc(O)ccc3-c3ccc(O)cc3C(=O)OCCCCCCCCCCCCOc3ccc(-c4ccc(C#N)cc4)cc3)cc2)cc1. The van der Waals surface area contributed by atoms with Crippen molar-refractivity contribution in [1.29, 1.82) is 10.5 Å². The zero-order valence-corrected chi connectivity index (χ0v) is 42.9. The molecule has 0 aliphatic rings. The normalized spacial score (nSPS) is 10.8. The molecule has 6 rings (SSSR count). The number of phenols is 2. The Morgan fingerprint density at radius 2 is 0.622 bits per heavy atom. The van der Waals surface area contributed by atoms with Gasteiger partial charge in [0, 0.05) is 0 Å². The first kappa shape index (κ1) is 55.7. The van der Waals surface area contributed by atoms with E-state index in [-0.39, 0.29) is 35.8 Å². The number of phenolic OH excluding ortho intramolecular Hbond substituents is 2. The summed E-state index contributed by atoms with van der Waals surface area (Å²) in [4.78, 5) is 26.7. The quantitative estimate of drug-likeness (QED) is 0.0300. The van der Waals surface area contributed by atoms with Gasteiger partial charge in [-0.2, -0.15) is 10.5 Å². The van der Waals surface area contributed by atoms with Crippen molar-refractivity contribution in [2.24, 2.45) is 0 Å². The summed E-state index contributed by atoms with van der Waals surface area (Å²) in [7, 11) is 0. The Morgan fingerprint density at radius 3 is 0.919 bits per heavy atom. The van der Waals surface area contributed by atoms with Crippen LogP contribution in [0.25, 0.3) is 33.4 Å². The molecule has 0 spiro atoms. The summed E-state index contributed by atoms with van der Waals surface area (Å²) in [6.07, 6.45) is 21.6. The molecule has 0 radical (unpaired) electrons. The fourth-order valence-electron chi connectivity index (χ4n) is 8.94. The molecule has 0 aliphatic carbocycles. The molecule has 0 atom stereocenters. The molecule has 2 N–H and O–H groups in total. The predicted molar refractivity (Wildman–Crippen MR) is 292 cm³/mol. The van der Waals surface area contributed by atoms with Gasteiger partial charge < -0.3 is 29.2 Å². The highest BCUT2D eigenvalue weighted by Gasteiger charge is 2.22. The second-order valence-electron chi connectivity index (χ2n) is 18.9. The van der Waals surface area contributed by atoms with E-state index >= 15 is 0 Å². The van der Waals surface area contributed by atoms with E-state index in [2.05, 4.69) is 12.1 Å². The molecular weight excluding hydrogens is 925 g/mol. The standard InChI is InChI=1S/C64H72N2O8/c65-47-49-21-25-51(26-22-49)53-29-35-57(36-30-53)71-41-17-13-9-5-1-3-7-11-15-19-43-73-63(69)61-45-55(67)33-39-59(61)60-40-34-56(68)46-62(60)64(70)74-44-20-16-12-8-4-2-6-10-14-18-42-72-58-37-31-54(32-38-58)52-27-23-50(48-66)24-28-52/h21-40,45-46,67-68H,1-20,41-44H2. The number of aromatic hydroxyl groups is 2. The third-order valence-corrected chi connectivity index (χ3v) is 13.2. The summed E-state index contributed by atoms with van der Waals surface area (Å²) in [5, 5.41) is 38.7. The zero-order chi connectivity index (χ0) is 52.0. The number of benzene rings is 6. The van der Waals surface area contributed by atoms with Crippen LogP contribution in [0.15, 0.2) is 133 Å². The number of carbonyl (C=O) groups excluding carboxylic acids is 2. The lowest BCUT2D eigenvalue weighted by Crippen LogP contribution is -2.11. The van der Waals surface area contributed by atoms with Crippen LogP contribution in [0.3, 0.4) is 0 Å². The van der Waals surface area contributed by atoms with Crippen LogP contribution in [0, 0.1) is 22.7 Å². The van der Waals surface area contributed by atoms with E-state index in [0.29, 0.717) is 35.5 Å². The number of hydrogen-bond donors (Lipinski definition) is 2. The van der Waals surface area contributed by atoms with Crippen molar-refractivity contribution in [2.75, 3.05) is 26.4 Å². The van der Waals surface area contributed by atoms with Crippen LogP contribution in [0.5, 0.6) is 23.0 Å². The lowest BCUT2D eigenvalue weighted by atomic mass is 9.94. The molecule has 386 valence electrons. The first-order valence-corrected chi connectivity index (χ1v) is 26.8. The molecule has 6 aromatic carbocycles. The van der Waals surface area contributed by atoms with E-state index in [1.54, 1.807) is 12.1 Å². The lowest BCUT2D eigenvalue weighted by Gasteiger charge is -2.14. The number of esters is 2. The van der Waals surface area contributed by atoms with E-state index < -0.39 is 11.9 Å². The van der Waals surface area contributed by atoms with Gasteiger partial charge in [-0.1, -0.05) is 151 Å². The largest absolute Gasteiger partial charge is 0.508 e. The summed E-state index contributed by atoms with van der Waals surface area (Å²) in [5.41, 5.74) is 6.75. The van der Waals surface area contributed by atoms with Gasteiger partial charge in [-0.15, -0.1) is 0 Å². The van der Waals surface area contributed by atoms with E-state index in [0.717, 1.165) is 111 Å². The molecule has 0 fully saturated rings. The maximum absolute atomic E-state index is 13.4. The molecule has 6 aromatic rings. The predicted octanol–water partition coefficient (Wildman–Crippen LogP) is 16.1. The summed E-state index contributed by atoms with van der Waals surface area (Å²) in [6.45, 7) is 1.90. The van der Waals surface area contributed by atoms with Gasteiger partial charge in [0.25, 0.3) is 0 Å². The van der Waals surface area contributed by atoms with E-state index in [9.17, 15) is 19.8 Å². The lowest BCUT2D eigenvalue weighted by molar-refractivity contribution is 0.0486. The summed E-state index contributed by atoms with van der Waals surface area (Å²) in [5.74, 6) is 0.373. The van der Waals surface area contributed by atoms with Gasteiger partial charge in [-0.3, -0.25) is 0 Å². The molecule has 0 amide bonds. The van der Waals surface area contributed by atoms with Gasteiger partial charge in [0.15, 0.2) is 0 Å². The van der Waals surface area contributed by atoms with E-state index in [1.165, 1.54) is 75.6 Å². The van der Waals surface area contributed by atoms with Gasteiger partial charge in [0.2, 0.25) is 0 Å². The number of carbonyl (C=O) groups is 2. The molecule has 0 aromatic heterocycles. The number of nitriles is 2. The zero-order valence-electron chi connectivity index (χ0n) is 42.9. The van der Waals surface area contributed by atoms with Crippen molar-refractivity contribution < 1.29 is 38.7 Å². The maximum Gasteiger partial charge on any atom is 0.338 e. The topological polar surface area (TPSA) is 159 Å². The third kappa shape index (κ3) is 19.1. The molecule has 0 unspecified atom stereocenters. The van der Waals surface area contributed by atoms with Gasteiger partial charge >= 0.3 is 11.9 Å². The van der Waals surface area contributed by atoms with Crippen molar-refractivity contribution in [2.45, 2.75) is 128 Å². The van der Waals surface area contributed by atoms with Crippen LogP contribution in [0.4, 0.5) is 0 Å². The van der Waals surface area contributed by atoms with Crippen LogP contribution in [-0.2, 0) is 9.47 Å². The first-order valence-electron chi connectivity index (χ1n) is 26.8. The van der Waals surface area contributed by atoms with Crippen molar-refractivity contribution >= 4 is 11.9 Å². The Labute approximate surface area is 438 Å². The van der Waals surface area contributed by atoms with Crippen LogP contribution in [0.2, 0.25) is 0 Å². The minimum atomic E-state index is -0.586. The van der Waals surface area contributed by atoms with Gasteiger partial charge in [0.1, 0.15) is 23.0 Å². The summed E-state index contributed by atoms with van der Waals surface area (Å²) < 4.78 is 23.2. The van der Waals surface area contributed by atoms with Crippen molar-refractivity contribution in [1.82, 2.24) is 0 Å². The molecule has 0 heterocycles.